The number of hydrogen-bond donors (Lipinski definition) is 0. The van der Waals surface area contributed by atoms with E-state index in [4.69, 9.17) is 17.6 Å². The van der Waals surface area contributed by atoms with E-state index < -0.39 is 6.16 Å². The highest BCUT2D eigenvalue weighted by molar-refractivity contribution is 5.59. The normalized spacial score (nSPS) is 8.86. The van der Waals surface area contributed by atoms with Gasteiger partial charge in [0.05, 0.1) is 13.2 Å². The van der Waals surface area contributed by atoms with Crippen LogP contribution >= 0.6 is 0 Å². The molecule has 3 nitrogen and oxygen atoms in total. The third-order valence-corrected chi connectivity index (χ3v) is 1.51. The standard InChI is InChI=1S/C11H14O3/c1-4-7-10(8-5-2)9-14-11(12)13-6-3/h1-2,10H,6-9H2,3H3. The van der Waals surface area contributed by atoms with E-state index in [1.807, 2.05) is 0 Å². The van der Waals surface area contributed by atoms with E-state index in [2.05, 4.69) is 16.6 Å². The van der Waals surface area contributed by atoms with Gasteiger partial charge in [-0.3, -0.25) is 0 Å². The summed E-state index contributed by atoms with van der Waals surface area (Å²) in [4.78, 5) is 10.8. The molecule has 0 aliphatic heterocycles. The number of hydrogen-bond acceptors (Lipinski definition) is 3. The zero-order chi connectivity index (χ0) is 10.8. The molecule has 0 amide bonds. The lowest BCUT2D eigenvalue weighted by Gasteiger charge is -2.10. The molecule has 0 unspecified atom stereocenters. The summed E-state index contributed by atoms with van der Waals surface area (Å²) in [5.74, 6) is 4.98. The molecule has 0 aromatic carbocycles. The van der Waals surface area contributed by atoms with E-state index in [0.29, 0.717) is 19.4 Å². The fourth-order valence-corrected chi connectivity index (χ4v) is 0.869. The average Bonchev–Trinajstić information content (AvgIpc) is 2.15. The molecule has 0 aliphatic rings. The Balaban J connectivity index is 3.77. The van der Waals surface area contributed by atoms with Crippen LogP contribution in [0.25, 0.3) is 0 Å². The Morgan fingerprint density at radius 1 is 1.29 bits per heavy atom. The quantitative estimate of drug-likeness (QED) is 0.494. The summed E-state index contributed by atoms with van der Waals surface area (Å²) in [6, 6.07) is 0. The first-order chi connectivity index (χ1) is 6.74. The molecule has 0 aromatic heterocycles. The van der Waals surface area contributed by atoms with Crippen molar-refractivity contribution in [2.24, 2.45) is 5.92 Å². The largest absolute Gasteiger partial charge is 0.508 e. The summed E-state index contributed by atoms with van der Waals surface area (Å²) in [5, 5.41) is 0. The molecule has 0 N–H and O–H groups in total. The molecule has 14 heavy (non-hydrogen) atoms. The van der Waals surface area contributed by atoms with Crippen LogP contribution in [-0.2, 0) is 9.47 Å². The van der Waals surface area contributed by atoms with Crippen LogP contribution in [0.1, 0.15) is 19.8 Å². The van der Waals surface area contributed by atoms with E-state index in [0.717, 1.165) is 0 Å². The smallest absolute Gasteiger partial charge is 0.435 e. The minimum Gasteiger partial charge on any atom is -0.435 e. The Morgan fingerprint density at radius 2 is 1.86 bits per heavy atom. The van der Waals surface area contributed by atoms with Crippen molar-refractivity contribution >= 4 is 6.16 Å². The lowest BCUT2D eigenvalue weighted by atomic mass is 10.0. The van der Waals surface area contributed by atoms with E-state index in [1.165, 1.54) is 0 Å². The van der Waals surface area contributed by atoms with Gasteiger partial charge in [0.15, 0.2) is 0 Å². The second kappa shape index (κ2) is 8.01. The second-order valence-corrected chi connectivity index (χ2v) is 2.68. The van der Waals surface area contributed by atoms with Crippen LogP contribution < -0.4 is 0 Å². The van der Waals surface area contributed by atoms with Gasteiger partial charge in [0, 0.05) is 18.8 Å². The highest BCUT2D eigenvalue weighted by Gasteiger charge is 2.10. The van der Waals surface area contributed by atoms with Crippen molar-refractivity contribution in [1.82, 2.24) is 0 Å². The predicted molar refractivity (Wildman–Crippen MR) is 53.4 cm³/mol. The van der Waals surface area contributed by atoms with Gasteiger partial charge in [0.1, 0.15) is 0 Å². The Bertz CT molecular complexity index is 228. The topological polar surface area (TPSA) is 35.5 Å². The van der Waals surface area contributed by atoms with Crippen LogP contribution in [0.2, 0.25) is 0 Å². The predicted octanol–water partition coefficient (Wildman–Crippen LogP) is 1.82. The van der Waals surface area contributed by atoms with Crippen molar-refractivity contribution < 1.29 is 14.3 Å². The first kappa shape index (κ1) is 12.4. The number of ether oxygens (including phenoxy) is 2. The van der Waals surface area contributed by atoms with E-state index in [-0.39, 0.29) is 12.5 Å². The molecule has 0 fully saturated rings. The lowest BCUT2D eigenvalue weighted by Crippen LogP contribution is -2.14. The minimum absolute atomic E-state index is 0.0226. The molecule has 0 radical (unpaired) electrons. The van der Waals surface area contributed by atoms with Crippen LogP contribution in [0, 0.1) is 30.6 Å². The van der Waals surface area contributed by atoms with Crippen molar-refractivity contribution in [1.29, 1.82) is 0 Å². The number of carbonyl (C=O) groups excluding carboxylic acids is 1. The highest BCUT2D eigenvalue weighted by atomic mass is 16.7. The number of terminal acetylenes is 2. The van der Waals surface area contributed by atoms with Gasteiger partial charge in [-0.05, 0) is 6.92 Å². The Kier molecular flexibility index (Phi) is 7.09. The zero-order valence-electron chi connectivity index (χ0n) is 8.29. The number of rotatable bonds is 5. The van der Waals surface area contributed by atoms with Crippen molar-refractivity contribution in [3.05, 3.63) is 0 Å². The fourth-order valence-electron chi connectivity index (χ4n) is 0.869. The van der Waals surface area contributed by atoms with Crippen LogP contribution in [0.5, 0.6) is 0 Å². The molecule has 0 aliphatic carbocycles. The summed E-state index contributed by atoms with van der Waals surface area (Å²) >= 11 is 0. The number of carbonyl (C=O) groups is 1. The molecule has 0 atom stereocenters. The van der Waals surface area contributed by atoms with Gasteiger partial charge < -0.3 is 9.47 Å². The van der Waals surface area contributed by atoms with Crippen molar-refractivity contribution in [3.63, 3.8) is 0 Å². The zero-order valence-corrected chi connectivity index (χ0v) is 8.29. The Morgan fingerprint density at radius 3 is 2.29 bits per heavy atom. The first-order valence-corrected chi connectivity index (χ1v) is 4.41. The molecule has 0 bridgehead atoms. The van der Waals surface area contributed by atoms with E-state index >= 15 is 0 Å². The van der Waals surface area contributed by atoms with Crippen LogP contribution in [-0.4, -0.2) is 19.4 Å². The van der Waals surface area contributed by atoms with Crippen LogP contribution in [0.15, 0.2) is 0 Å². The summed E-state index contributed by atoms with van der Waals surface area (Å²) in [5.41, 5.74) is 0. The third-order valence-electron chi connectivity index (χ3n) is 1.51. The molecule has 0 saturated carbocycles. The maximum atomic E-state index is 10.8. The van der Waals surface area contributed by atoms with Gasteiger partial charge in [-0.1, -0.05) is 0 Å². The third kappa shape index (κ3) is 5.97. The molecule has 0 spiro atoms. The van der Waals surface area contributed by atoms with Gasteiger partial charge in [0.25, 0.3) is 0 Å². The highest BCUT2D eigenvalue weighted by Crippen LogP contribution is 2.07. The summed E-state index contributed by atoms with van der Waals surface area (Å²) < 4.78 is 9.38. The summed E-state index contributed by atoms with van der Waals surface area (Å²) in [6.07, 6.45) is 10.6. The fraction of sp³-hybridized carbons (Fsp3) is 0.545. The van der Waals surface area contributed by atoms with Gasteiger partial charge in [-0.25, -0.2) is 4.79 Å². The van der Waals surface area contributed by atoms with Crippen LogP contribution in [0.3, 0.4) is 0 Å². The Labute approximate surface area is 84.8 Å². The molecule has 0 aromatic rings. The maximum absolute atomic E-state index is 10.8. The van der Waals surface area contributed by atoms with Gasteiger partial charge >= 0.3 is 6.16 Å². The van der Waals surface area contributed by atoms with Gasteiger partial charge in [0.2, 0.25) is 0 Å². The molecule has 3 heteroatoms. The molecule has 0 saturated heterocycles. The molecular weight excluding hydrogens is 180 g/mol. The second-order valence-electron chi connectivity index (χ2n) is 2.68. The first-order valence-electron chi connectivity index (χ1n) is 4.41. The van der Waals surface area contributed by atoms with Crippen molar-refractivity contribution in [2.45, 2.75) is 19.8 Å². The monoisotopic (exact) mass is 194 g/mol. The Hall–Kier alpha value is -1.61. The molecule has 76 valence electrons. The van der Waals surface area contributed by atoms with E-state index in [9.17, 15) is 4.79 Å². The minimum atomic E-state index is -0.674. The SMILES string of the molecule is C#CCC(CC#C)COC(=O)OCC. The van der Waals surface area contributed by atoms with Gasteiger partial charge in [-0.15, -0.1) is 24.7 Å². The summed E-state index contributed by atoms with van der Waals surface area (Å²) in [7, 11) is 0. The average molecular weight is 194 g/mol. The van der Waals surface area contributed by atoms with E-state index in [1.54, 1.807) is 6.92 Å². The molecular formula is C11H14O3. The summed E-state index contributed by atoms with van der Waals surface area (Å²) in [6.45, 7) is 2.22. The lowest BCUT2D eigenvalue weighted by molar-refractivity contribution is 0.0486. The van der Waals surface area contributed by atoms with Gasteiger partial charge in [-0.2, -0.15) is 0 Å². The maximum Gasteiger partial charge on any atom is 0.508 e. The van der Waals surface area contributed by atoms with Crippen LogP contribution in [0.4, 0.5) is 4.79 Å². The molecule has 0 rings (SSSR count). The van der Waals surface area contributed by atoms with Crippen molar-refractivity contribution in [3.8, 4) is 24.7 Å². The molecule has 0 heterocycles. The van der Waals surface area contributed by atoms with Crippen molar-refractivity contribution in [2.75, 3.05) is 13.2 Å².